The third-order valence-corrected chi connectivity index (χ3v) is 5.00. The predicted molar refractivity (Wildman–Crippen MR) is 100 cm³/mol. The summed E-state index contributed by atoms with van der Waals surface area (Å²) >= 11 is 0. The number of fused-ring (bicyclic) bond motifs is 3. The van der Waals surface area contributed by atoms with E-state index >= 15 is 0 Å². The second-order valence-electron chi connectivity index (χ2n) is 6.81. The monoisotopic (exact) mass is 366 g/mol. The lowest BCUT2D eigenvalue weighted by molar-refractivity contribution is -0.137. The molecule has 2 amide bonds. The van der Waals surface area contributed by atoms with Crippen LogP contribution in [0.5, 0.6) is 0 Å². The van der Waals surface area contributed by atoms with Gasteiger partial charge in [-0.1, -0.05) is 48.5 Å². The standard InChI is InChI=1S/C21H22N2O4/c24-20(15-26-13-16-6-2-1-3-7-16)22-11-10-18-14-27-21(25)23(18)19-9-5-4-8-17(19)12-22/h1-9,18H,10-15H2. The Morgan fingerprint density at radius 3 is 2.74 bits per heavy atom. The van der Waals surface area contributed by atoms with Crippen LogP contribution in [-0.4, -0.2) is 42.7 Å². The topological polar surface area (TPSA) is 59.1 Å². The first-order valence-electron chi connectivity index (χ1n) is 9.16. The van der Waals surface area contributed by atoms with Crippen molar-refractivity contribution in [3.8, 4) is 0 Å². The van der Waals surface area contributed by atoms with Crippen LogP contribution >= 0.6 is 0 Å². The Morgan fingerprint density at radius 1 is 1.11 bits per heavy atom. The number of hydrogen-bond acceptors (Lipinski definition) is 4. The Morgan fingerprint density at radius 2 is 1.89 bits per heavy atom. The third-order valence-electron chi connectivity index (χ3n) is 5.00. The lowest BCUT2D eigenvalue weighted by Gasteiger charge is -2.32. The highest BCUT2D eigenvalue weighted by Crippen LogP contribution is 2.31. The van der Waals surface area contributed by atoms with Gasteiger partial charge in [0.1, 0.15) is 13.2 Å². The molecule has 0 saturated carbocycles. The first-order chi connectivity index (χ1) is 13.2. The fourth-order valence-corrected chi connectivity index (χ4v) is 3.57. The van der Waals surface area contributed by atoms with E-state index in [4.69, 9.17) is 9.47 Å². The van der Waals surface area contributed by atoms with E-state index < -0.39 is 0 Å². The molecule has 1 fully saturated rings. The van der Waals surface area contributed by atoms with E-state index in [2.05, 4.69) is 0 Å². The summed E-state index contributed by atoms with van der Waals surface area (Å²) in [5, 5.41) is 0. The molecule has 2 aromatic rings. The van der Waals surface area contributed by atoms with Crippen LogP contribution in [0.3, 0.4) is 0 Å². The van der Waals surface area contributed by atoms with E-state index in [-0.39, 0.29) is 24.6 Å². The number of carbonyl (C=O) groups is 2. The summed E-state index contributed by atoms with van der Waals surface area (Å²) in [6, 6.07) is 17.4. The van der Waals surface area contributed by atoms with Gasteiger partial charge in [-0.25, -0.2) is 4.79 Å². The van der Waals surface area contributed by atoms with Crippen LogP contribution in [0.4, 0.5) is 10.5 Å². The molecular weight excluding hydrogens is 344 g/mol. The Kier molecular flexibility index (Phi) is 5.07. The van der Waals surface area contributed by atoms with Crippen molar-refractivity contribution in [3.63, 3.8) is 0 Å². The first kappa shape index (κ1) is 17.5. The number of para-hydroxylation sites is 1. The summed E-state index contributed by atoms with van der Waals surface area (Å²) in [6.45, 7) is 1.84. The Labute approximate surface area is 158 Å². The summed E-state index contributed by atoms with van der Waals surface area (Å²) in [7, 11) is 0. The number of hydrogen-bond donors (Lipinski definition) is 0. The fraction of sp³-hybridized carbons (Fsp3) is 0.333. The molecule has 6 nitrogen and oxygen atoms in total. The molecule has 2 aliphatic heterocycles. The van der Waals surface area contributed by atoms with Gasteiger partial charge in [0, 0.05) is 13.1 Å². The molecule has 2 aliphatic rings. The van der Waals surface area contributed by atoms with E-state index in [1.807, 2.05) is 59.5 Å². The maximum Gasteiger partial charge on any atom is 0.414 e. The molecule has 0 aliphatic carbocycles. The molecule has 27 heavy (non-hydrogen) atoms. The number of amides is 2. The van der Waals surface area contributed by atoms with Crippen molar-refractivity contribution in [2.24, 2.45) is 0 Å². The lowest BCUT2D eigenvalue weighted by Crippen LogP contribution is -2.43. The second-order valence-corrected chi connectivity index (χ2v) is 6.81. The smallest absolute Gasteiger partial charge is 0.414 e. The fourth-order valence-electron chi connectivity index (χ4n) is 3.57. The van der Waals surface area contributed by atoms with Crippen molar-refractivity contribution in [2.45, 2.75) is 25.6 Å². The van der Waals surface area contributed by atoms with Gasteiger partial charge in [0.15, 0.2) is 0 Å². The summed E-state index contributed by atoms with van der Waals surface area (Å²) in [4.78, 5) is 28.4. The van der Waals surface area contributed by atoms with Gasteiger partial charge in [-0.2, -0.15) is 0 Å². The number of nitrogens with zero attached hydrogens (tertiary/aromatic N) is 2. The van der Waals surface area contributed by atoms with Crippen LogP contribution in [0.2, 0.25) is 0 Å². The number of anilines is 1. The Balaban J connectivity index is 1.45. The average molecular weight is 366 g/mol. The Bertz CT molecular complexity index is 824. The molecule has 1 saturated heterocycles. The molecule has 0 N–H and O–H groups in total. The van der Waals surface area contributed by atoms with Crippen molar-refractivity contribution < 1.29 is 19.1 Å². The minimum Gasteiger partial charge on any atom is -0.447 e. The van der Waals surface area contributed by atoms with Gasteiger partial charge in [0.05, 0.1) is 18.3 Å². The molecule has 4 rings (SSSR count). The van der Waals surface area contributed by atoms with Gasteiger partial charge >= 0.3 is 6.09 Å². The molecule has 0 bridgehead atoms. The summed E-state index contributed by atoms with van der Waals surface area (Å²) in [5.41, 5.74) is 2.81. The summed E-state index contributed by atoms with van der Waals surface area (Å²) in [5.74, 6) is -0.0422. The highest BCUT2D eigenvalue weighted by atomic mass is 16.6. The molecule has 2 heterocycles. The van der Waals surface area contributed by atoms with Crippen LogP contribution in [-0.2, 0) is 27.4 Å². The van der Waals surface area contributed by atoms with Crippen molar-refractivity contribution in [1.82, 2.24) is 4.90 Å². The molecule has 0 spiro atoms. The normalized spacial score (nSPS) is 19.0. The molecule has 1 unspecified atom stereocenters. The van der Waals surface area contributed by atoms with Crippen LogP contribution in [0.25, 0.3) is 0 Å². The maximum absolute atomic E-state index is 12.7. The van der Waals surface area contributed by atoms with Crippen molar-refractivity contribution in [1.29, 1.82) is 0 Å². The van der Waals surface area contributed by atoms with Crippen LogP contribution in [0, 0.1) is 0 Å². The minimum atomic E-state index is -0.307. The number of benzene rings is 2. The summed E-state index contributed by atoms with van der Waals surface area (Å²) in [6.07, 6.45) is 0.378. The van der Waals surface area contributed by atoms with Gasteiger partial charge in [-0.05, 0) is 23.6 Å². The highest BCUT2D eigenvalue weighted by Gasteiger charge is 2.37. The molecule has 0 aromatic heterocycles. The van der Waals surface area contributed by atoms with Crippen molar-refractivity contribution in [3.05, 3.63) is 65.7 Å². The number of carbonyl (C=O) groups excluding carboxylic acids is 2. The largest absolute Gasteiger partial charge is 0.447 e. The van der Waals surface area contributed by atoms with Crippen LogP contribution in [0.1, 0.15) is 17.5 Å². The lowest BCUT2D eigenvalue weighted by atomic mass is 10.1. The van der Waals surface area contributed by atoms with Gasteiger partial charge < -0.3 is 14.4 Å². The summed E-state index contributed by atoms with van der Waals surface area (Å²) < 4.78 is 10.9. The average Bonchev–Trinajstić information content (AvgIpc) is 3.04. The van der Waals surface area contributed by atoms with E-state index in [0.717, 1.165) is 16.8 Å². The molecule has 0 radical (unpaired) electrons. The van der Waals surface area contributed by atoms with Crippen molar-refractivity contribution >= 4 is 17.7 Å². The van der Waals surface area contributed by atoms with E-state index in [1.165, 1.54) is 0 Å². The van der Waals surface area contributed by atoms with Gasteiger partial charge in [-0.3, -0.25) is 9.69 Å². The third kappa shape index (κ3) is 3.80. The Hall–Kier alpha value is -2.86. The number of rotatable bonds is 4. The molecule has 6 heteroatoms. The molecular formula is C21H22N2O4. The van der Waals surface area contributed by atoms with Crippen LogP contribution in [0.15, 0.2) is 54.6 Å². The second kappa shape index (κ2) is 7.80. The minimum absolute atomic E-state index is 0.0421. The van der Waals surface area contributed by atoms with Gasteiger partial charge in [0.2, 0.25) is 5.91 Å². The molecule has 1 atom stereocenters. The SMILES string of the molecule is O=C(COCc1ccccc1)N1CCC2COC(=O)N2c2ccccc2C1. The van der Waals surface area contributed by atoms with E-state index in [1.54, 1.807) is 4.90 Å². The predicted octanol–water partition coefficient (Wildman–Crippen LogP) is 2.96. The van der Waals surface area contributed by atoms with Crippen molar-refractivity contribution in [2.75, 3.05) is 24.7 Å². The zero-order valence-electron chi connectivity index (χ0n) is 15.0. The number of ether oxygens (including phenoxy) is 2. The zero-order chi connectivity index (χ0) is 18.6. The number of cyclic esters (lactones) is 1. The van der Waals surface area contributed by atoms with Gasteiger partial charge in [-0.15, -0.1) is 0 Å². The van der Waals surface area contributed by atoms with Crippen LogP contribution < -0.4 is 4.90 Å². The van der Waals surface area contributed by atoms with E-state index in [9.17, 15) is 9.59 Å². The first-order valence-corrected chi connectivity index (χ1v) is 9.16. The molecule has 140 valence electrons. The zero-order valence-corrected chi connectivity index (χ0v) is 15.0. The van der Waals surface area contributed by atoms with Gasteiger partial charge in [0.25, 0.3) is 0 Å². The quantitative estimate of drug-likeness (QED) is 0.835. The maximum atomic E-state index is 12.7. The molecule has 2 aromatic carbocycles. The van der Waals surface area contributed by atoms with E-state index in [0.29, 0.717) is 32.7 Å². The highest BCUT2D eigenvalue weighted by molar-refractivity contribution is 5.91.